The Morgan fingerprint density at radius 1 is 0.472 bits per heavy atom. The van der Waals surface area contributed by atoms with Crippen LogP contribution in [-0.4, -0.2) is 19.1 Å². The van der Waals surface area contributed by atoms with Gasteiger partial charge in [-0.2, -0.15) is 0 Å². The summed E-state index contributed by atoms with van der Waals surface area (Å²) in [5.74, 6) is -0.0537. The largest absolute Gasteiger partial charge is 0.456 e. The predicted octanol–water partition coefficient (Wildman–Crippen LogP) is 12.5. The first-order chi connectivity index (χ1) is 31.7. The van der Waals surface area contributed by atoms with Gasteiger partial charge in [-0.1, -0.05) is 103 Å². The minimum atomic E-state index is -0.620. The Bertz CT molecular complexity index is 4220. The van der Waals surface area contributed by atoms with Gasteiger partial charge in [0.25, 0.3) is 0 Å². The van der Waals surface area contributed by atoms with Gasteiger partial charge in [0, 0.05) is 49.0 Å². The summed E-state index contributed by atoms with van der Waals surface area (Å²) in [6.45, 7) is 0. The van der Waals surface area contributed by atoms with Crippen LogP contribution >= 0.6 is 0 Å². The first-order valence-corrected chi connectivity index (χ1v) is 16.9. The van der Waals surface area contributed by atoms with Crippen LogP contribution in [0.2, 0.25) is 0 Å². The van der Waals surface area contributed by atoms with Crippen molar-refractivity contribution in [1.82, 2.24) is 19.1 Å². The maximum Gasteiger partial charge on any atom is 0.235 e. The average molecular weight is 690 g/mol. The fourth-order valence-corrected chi connectivity index (χ4v) is 7.60. The number of hydrogen-bond acceptors (Lipinski definition) is 3. The van der Waals surface area contributed by atoms with Crippen molar-refractivity contribution >= 4 is 87.2 Å². The minimum Gasteiger partial charge on any atom is -0.456 e. The smallest absolute Gasteiger partial charge is 0.235 e. The van der Waals surface area contributed by atoms with Crippen molar-refractivity contribution in [2.24, 2.45) is 0 Å². The SMILES string of the molecule is [2H]c1c([2H])c([2H])c2c(-c3c([2H])c([2H])c4c(oc5c([2H])c6c([2H])c([2H])c([2H])c([2H])c6c([2H])c54)c3[2H])nc(-n3c4ccccc4c4cc5c6ccccc6n(-c6ccccc6)c5cc43)nc2c1[2H]. The lowest BCUT2D eigenvalue weighted by molar-refractivity contribution is 0.669. The van der Waals surface area contributed by atoms with Gasteiger partial charge in [-0.15, -0.1) is 0 Å². The summed E-state index contributed by atoms with van der Waals surface area (Å²) >= 11 is 0. The molecule has 4 heterocycles. The van der Waals surface area contributed by atoms with E-state index in [4.69, 9.17) is 28.1 Å². The molecule has 0 saturated heterocycles. The second kappa shape index (κ2) is 10.6. The van der Waals surface area contributed by atoms with Gasteiger partial charge >= 0.3 is 0 Å². The molecule has 0 aliphatic heterocycles. The van der Waals surface area contributed by atoms with Crippen LogP contribution in [0.1, 0.15) is 17.8 Å². The Labute approximate surface area is 320 Å². The van der Waals surface area contributed by atoms with Crippen LogP contribution in [0, 0.1) is 0 Å². The van der Waals surface area contributed by atoms with Crippen LogP contribution in [-0.2, 0) is 0 Å². The fourth-order valence-electron chi connectivity index (χ4n) is 7.60. The lowest BCUT2D eigenvalue weighted by Crippen LogP contribution is -2.03. The summed E-state index contributed by atoms with van der Waals surface area (Å²) in [6.07, 6.45) is 0. The highest BCUT2D eigenvalue weighted by Crippen LogP contribution is 2.41. The number of para-hydroxylation sites is 4. The normalized spacial score (nSPS) is 15.6. The third-order valence-electron chi connectivity index (χ3n) is 9.88. The molecule has 4 aromatic heterocycles. The van der Waals surface area contributed by atoms with E-state index < -0.39 is 78.6 Å². The molecule has 0 atom stereocenters. The van der Waals surface area contributed by atoms with Gasteiger partial charge in [0.2, 0.25) is 5.95 Å². The van der Waals surface area contributed by atoms with Crippen LogP contribution in [0.25, 0.3) is 110 Å². The van der Waals surface area contributed by atoms with Crippen LogP contribution in [0.4, 0.5) is 0 Å². The number of hydrogen-bond donors (Lipinski definition) is 0. The number of furan rings is 1. The lowest BCUT2D eigenvalue weighted by atomic mass is 10.0. The van der Waals surface area contributed by atoms with Crippen molar-refractivity contribution < 1.29 is 22.2 Å². The van der Waals surface area contributed by atoms with E-state index in [9.17, 15) is 4.11 Å². The second-order valence-corrected chi connectivity index (χ2v) is 12.8. The molecule has 0 unspecified atom stereocenters. The number of rotatable bonds is 3. The third-order valence-corrected chi connectivity index (χ3v) is 9.88. The van der Waals surface area contributed by atoms with E-state index in [2.05, 4.69) is 22.8 Å². The van der Waals surface area contributed by atoms with E-state index >= 15 is 0 Å². The average Bonchev–Trinajstić information content (AvgIpc) is 4.00. The van der Waals surface area contributed by atoms with Crippen LogP contribution in [0.3, 0.4) is 0 Å². The first kappa shape index (κ1) is 18.8. The number of nitrogens with zero attached hydrogens (tertiary/aromatic N) is 4. The molecule has 53 heavy (non-hydrogen) atoms. The molecule has 246 valence electrons. The van der Waals surface area contributed by atoms with E-state index in [1.807, 2.05) is 72.8 Å². The number of benzene rings is 8. The Morgan fingerprint density at radius 3 is 1.94 bits per heavy atom. The molecule has 0 aliphatic rings. The summed E-state index contributed by atoms with van der Waals surface area (Å²) in [5, 5.41) is 2.50. The molecule has 8 aromatic carbocycles. The first-order valence-electron chi connectivity index (χ1n) is 23.4. The quantitative estimate of drug-likeness (QED) is 0.185. The van der Waals surface area contributed by atoms with Gasteiger partial charge in [0.15, 0.2) is 0 Å². The molecular weight excluding hydrogens is 649 g/mol. The van der Waals surface area contributed by atoms with Gasteiger partial charge in [-0.25, -0.2) is 9.97 Å². The second-order valence-electron chi connectivity index (χ2n) is 12.8. The molecule has 0 fully saturated rings. The highest BCUT2D eigenvalue weighted by Gasteiger charge is 2.21. The summed E-state index contributed by atoms with van der Waals surface area (Å²) in [7, 11) is 0. The molecule has 12 rings (SSSR count). The third kappa shape index (κ3) is 4.07. The Balaban J connectivity index is 1.22. The summed E-state index contributed by atoms with van der Waals surface area (Å²) in [5.41, 5.74) is 2.57. The van der Waals surface area contributed by atoms with E-state index in [0.29, 0.717) is 11.0 Å². The van der Waals surface area contributed by atoms with Gasteiger partial charge in [-0.05, 0) is 77.4 Å². The molecule has 0 bridgehead atoms. The van der Waals surface area contributed by atoms with E-state index in [1.54, 1.807) is 4.57 Å². The molecule has 0 spiro atoms. The summed E-state index contributed by atoms with van der Waals surface area (Å²) in [6, 6.07) is 22.5. The maximum atomic E-state index is 9.66. The zero-order valence-corrected chi connectivity index (χ0v) is 27.4. The molecule has 12 aromatic rings. The van der Waals surface area contributed by atoms with Gasteiger partial charge in [0.05, 0.1) is 51.1 Å². The highest BCUT2D eigenvalue weighted by atomic mass is 16.3. The summed E-state index contributed by atoms with van der Waals surface area (Å²) < 4.78 is 126. The Hall–Kier alpha value is -7.24. The van der Waals surface area contributed by atoms with Crippen molar-refractivity contribution in [2.45, 2.75) is 0 Å². The maximum absolute atomic E-state index is 9.66. The molecule has 5 nitrogen and oxygen atoms in total. The van der Waals surface area contributed by atoms with Crippen molar-refractivity contribution in [3.63, 3.8) is 0 Å². The molecule has 0 aliphatic carbocycles. The van der Waals surface area contributed by atoms with Gasteiger partial charge in [0.1, 0.15) is 11.2 Å². The van der Waals surface area contributed by atoms with Crippen molar-refractivity contribution in [3.8, 4) is 22.9 Å². The minimum absolute atomic E-state index is 0.0537. The molecule has 5 heteroatoms. The summed E-state index contributed by atoms with van der Waals surface area (Å²) in [4.78, 5) is 9.86. The van der Waals surface area contributed by atoms with Crippen molar-refractivity contribution in [1.29, 1.82) is 0 Å². The fraction of sp³-hybridized carbons (Fsp3) is 0. The topological polar surface area (TPSA) is 48.8 Å². The van der Waals surface area contributed by atoms with Crippen molar-refractivity contribution in [2.75, 3.05) is 0 Å². The van der Waals surface area contributed by atoms with E-state index in [1.165, 1.54) is 0 Å². The zero-order valence-electron chi connectivity index (χ0n) is 40.4. The van der Waals surface area contributed by atoms with Gasteiger partial charge in [-0.3, -0.25) is 4.57 Å². The van der Waals surface area contributed by atoms with Crippen molar-refractivity contribution in [3.05, 3.63) is 170 Å². The molecule has 0 amide bonds. The predicted molar refractivity (Wildman–Crippen MR) is 218 cm³/mol. The number of aromatic nitrogens is 4. The van der Waals surface area contributed by atoms with E-state index in [-0.39, 0.29) is 60.8 Å². The zero-order chi connectivity index (χ0) is 45.9. The lowest BCUT2D eigenvalue weighted by Gasteiger charge is -2.12. The molecule has 0 N–H and O–H groups in total. The highest BCUT2D eigenvalue weighted by molar-refractivity contribution is 6.19. The van der Waals surface area contributed by atoms with Crippen LogP contribution in [0.5, 0.6) is 0 Å². The molecule has 0 saturated carbocycles. The Morgan fingerprint density at radius 2 is 1.13 bits per heavy atom. The standard InChI is InChI=1S/C48H28N4O/c1-2-14-32(15-3-1)51-41-20-10-7-16-33(41)37-27-38-34-17-8-11-21-42(34)52(44(38)28-43(37)51)48-49-40-19-9-6-18-36(40)47(50-48)31-22-23-35-39-24-29-12-4-5-13-30(29)25-46(39)53-45(35)26-31/h1-28H/i4D,5D,6D,9D,12D,13D,18D,19D,22D,23D,24D,25D,26D. The monoisotopic (exact) mass is 689 g/mol. The Kier molecular flexibility index (Phi) is 3.78. The van der Waals surface area contributed by atoms with Crippen LogP contribution < -0.4 is 0 Å². The molecule has 0 radical (unpaired) electrons. The molecular formula is C48H28N4O. The van der Waals surface area contributed by atoms with E-state index in [0.717, 1.165) is 38.3 Å². The van der Waals surface area contributed by atoms with Gasteiger partial charge < -0.3 is 8.98 Å². The van der Waals surface area contributed by atoms with Crippen LogP contribution in [0.15, 0.2) is 174 Å². The number of fused-ring (bicyclic) bond motifs is 11.